The molecule has 0 spiro atoms. The summed E-state index contributed by atoms with van der Waals surface area (Å²) in [7, 11) is 1.80. The number of phenolic OH excluding ortho intramolecular Hbond substituents is 1. The van der Waals surface area contributed by atoms with Crippen molar-refractivity contribution in [2.75, 3.05) is 52.9 Å². The number of phenols is 1. The van der Waals surface area contributed by atoms with E-state index < -0.39 is 11.6 Å². The Bertz CT molecular complexity index is 1460. The van der Waals surface area contributed by atoms with E-state index in [-0.39, 0.29) is 17.6 Å². The van der Waals surface area contributed by atoms with Crippen molar-refractivity contribution in [2.24, 2.45) is 0 Å². The average molecular weight is 576 g/mol. The fraction of sp³-hybridized carbons (Fsp3) is 0.469. The Morgan fingerprint density at radius 1 is 1.17 bits per heavy atom. The molecule has 42 heavy (non-hydrogen) atoms. The Morgan fingerprint density at radius 3 is 2.60 bits per heavy atom. The fourth-order valence-electron chi connectivity index (χ4n) is 6.50. The monoisotopic (exact) mass is 575 g/mol. The quantitative estimate of drug-likeness (QED) is 0.380. The highest BCUT2D eigenvalue weighted by molar-refractivity contribution is 5.93. The van der Waals surface area contributed by atoms with Crippen LogP contribution in [0.25, 0.3) is 10.9 Å². The first-order valence-corrected chi connectivity index (χ1v) is 14.7. The predicted molar refractivity (Wildman–Crippen MR) is 160 cm³/mol. The number of ether oxygens (including phenoxy) is 1. The first-order chi connectivity index (χ1) is 20.2. The van der Waals surface area contributed by atoms with Crippen LogP contribution in [0.2, 0.25) is 0 Å². The molecule has 5 rings (SSSR count). The number of piperazine rings is 1. The summed E-state index contributed by atoms with van der Waals surface area (Å²) in [6, 6.07) is 12.1. The highest BCUT2D eigenvalue weighted by Gasteiger charge is 2.50. The number of hydrogen-bond acceptors (Lipinski definition) is 6. The Hall–Kier alpha value is -4.05. The number of aromatic amines is 1. The maximum atomic E-state index is 14.3. The summed E-state index contributed by atoms with van der Waals surface area (Å²) in [6.07, 6.45) is 1.88. The van der Waals surface area contributed by atoms with Crippen LogP contribution in [0.1, 0.15) is 50.1 Å². The third kappa shape index (κ3) is 5.55. The number of nitrogens with one attached hydrogen (secondary N) is 1. The lowest BCUT2D eigenvalue weighted by Crippen LogP contribution is -2.61. The second kappa shape index (κ2) is 12.1. The van der Waals surface area contributed by atoms with Crippen molar-refractivity contribution in [2.45, 2.75) is 45.2 Å². The van der Waals surface area contributed by atoms with Crippen LogP contribution >= 0.6 is 0 Å². The SMILES string of the molecule is CCOc1ccc2[nH]c3c(c2c1)C[C@@](C)(C(=O)N(C)CCCN1CCN(C(C)=O)CC1)N(C=O)[C@@H]3c1cccc(O)c1. The van der Waals surface area contributed by atoms with Gasteiger partial charge in [-0.1, -0.05) is 12.1 Å². The van der Waals surface area contributed by atoms with Crippen LogP contribution in [0, 0.1) is 0 Å². The van der Waals surface area contributed by atoms with Crippen molar-refractivity contribution in [3.8, 4) is 11.5 Å². The summed E-state index contributed by atoms with van der Waals surface area (Å²) in [4.78, 5) is 49.8. The normalized spacial score (nSPS) is 20.8. The summed E-state index contributed by atoms with van der Waals surface area (Å²) in [5, 5.41) is 11.3. The third-order valence-electron chi connectivity index (χ3n) is 8.76. The smallest absolute Gasteiger partial charge is 0.248 e. The van der Waals surface area contributed by atoms with E-state index in [1.54, 1.807) is 42.0 Å². The van der Waals surface area contributed by atoms with Gasteiger partial charge in [0.1, 0.15) is 17.0 Å². The van der Waals surface area contributed by atoms with Gasteiger partial charge in [-0.15, -0.1) is 0 Å². The molecule has 10 nitrogen and oxygen atoms in total. The summed E-state index contributed by atoms with van der Waals surface area (Å²) < 4.78 is 5.78. The number of hydrogen-bond donors (Lipinski definition) is 2. The summed E-state index contributed by atoms with van der Waals surface area (Å²) in [5.74, 6) is 0.807. The number of rotatable bonds is 9. The fourth-order valence-corrected chi connectivity index (χ4v) is 6.50. The van der Waals surface area contributed by atoms with Crippen LogP contribution in [0.5, 0.6) is 11.5 Å². The van der Waals surface area contributed by atoms with Gasteiger partial charge in [-0.2, -0.15) is 0 Å². The van der Waals surface area contributed by atoms with E-state index in [0.29, 0.717) is 25.1 Å². The molecule has 0 bridgehead atoms. The van der Waals surface area contributed by atoms with Crippen molar-refractivity contribution in [1.82, 2.24) is 24.6 Å². The number of aromatic nitrogens is 1. The van der Waals surface area contributed by atoms with Gasteiger partial charge in [0.15, 0.2) is 0 Å². The maximum Gasteiger partial charge on any atom is 0.248 e. The number of carbonyl (C=O) groups excluding carboxylic acids is 3. The molecule has 224 valence electrons. The highest BCUT2D eigenvalue weighted by atomic mass is 16.5. The molecule has 2 aliphatic heterocycles. The number of likely N-dealkylation sites (N-methyl/N-ethyl adjacent to an activating group) is 1. The van der Waals surface area contributed by atoms with Gasteiger partial charge >= 0.3 is 0 Å². The largest absolute Gasteiger partial charge is 0.508 e. The van der Waals surface area contributed by atoms with Gasteiger partial charge in [0.2, 0.25) is 18.2 Å². The molecule has 2 atom stereocenters. The van der Waals surface area contributed by atoms with Gasteiger partial charge < -0.3 is 29.5 Å². The summed E-state index contributed by atoms with van der Waals surface area (Å²) in [6.45, 7) is 10.4. The molecule has 1 saturated heterocycles. The van der Waals surface area contributed by atoms with Crippen molar-refractivity contribution in [3.63, 3.8) is 0 Å². The second-order valence-electron chi connectivity index (χ2n) is 11.5. The predicted octanol–water partition coefficient (Wildman–Crippen LogP) is 3.15. The number of fused-ring (bicyclic) bond motifs is 3. The Kier molecular flexibility index (Phi) is 8.45. The van der Waals surface area contributed by atoms with Crippen LogP contribution in [0.3, 0.4) is 0 Å². The lowest BCUT2D eigenvalue weighted by Gasteiger charge is -2.47. The third-order valence-corrected chi connectivity index (χ3v) is 8.76. The number of benzene rings is 2. The zero-order valence-electron chi connectivity index (χ0n) is 24.9. The molecule has 3 amide bonds. The van der Waals surface area contributed by atoms with E-state index >= 15 is 0 Å². The maximum absolute atomic E-state index is 14.3. The first kappa shape index (κ1) is 29.4. The van der Waals surface area contributed by atoms with Gasteiger partial charge in [0.05, 0.1) is 12.6 Å². The lowest BCUT2D eigenvalue weighted by atomic mass is 9.79. The van der Waals surface area contributed by atoms with Crippen molar-refractivity contribution in [3.05, 3.63) is 59.3 Å². The molecule has 1 aromatic heterocycles. The summed E-state index contributed by atoms with van der Waals surface area (Å²) in [5.41, 5.74) is 2.24. The Balaban J connectivity index is 1.43. The molecule has 0 aliphatic carbocycles. The number of carbonyl (C=O) groups is 3. The van der Waals surface area contributed by atoms with Crippen molar-refractivity contribution < 1.29 is 24.2 Å². The molecule has 2 N–H and O–H groups in total. The molecule has 0 unspecified atom stereocenters. The van der Waals surface area contributed by atoms with Gasteiger partial charge in [-0.25, -0.2) is 0 Å². The number of aromatic hydroxyl groups is 1. The minimum Gasteiger partial charge on any atom is -0.508 e. The standard InChI is InChI=1S/C32H41N5O5/c1-5-42-25-10-11-28-26(19-25)27-20-32(3,37(21-38)30(29(27)33-28)23-8-6-9-24(40)18-23)31(41)34(4)12-7-13-35-14-16-36(17-15-35)22(2)39/h6,8-11,18-19,21,30,33,40H,5,7,12-17,20H2,1-4H3/t30-,32+/m1/s1. The van der Waals surface area contributed by atoms with Gasteiger partial charge in [-0.05, 0) is 68.3 Å². The van der Waals surface area contributed by atoms with Gasteiger partial charge in [0, 0.05) is 69.7 Å². The zero-order valence-corrected chi connectivity index (χ0v) is 24.9. The average Bonchev–Trinajstić information content (AvgIpc) is 3.33. The lowest BCUT2D eigenvalue weighted by molar-refractivity contribution is -0.150. The van der Waals surface area contributed by atoms with E-state index in [9.17, 15) is 19.5 Å². The molecular weight excluding hydrogens is 534 g/mol. The number of amides is 3. The van der Waals surface area contributed by atoms with Gasteiger partial charge in [-0.3, -0.25) is 19.3 Å². The molecule has 10 heteroatoms. The van der Waals surface area contributed by atoms with Crippen molar-refractivity contribution >= 4 is 29.1 Å². The number of H-pyrrole nitrogens is 1. The molecule has 2 aliphatic rings. The second-order valence-corrected chi connectivity index (χ2v) is 11.5. The highest BCUT2D eigenvalue weighted by Crippen LogP contribution is 2.45. The van der Waals surface area contributed by atoms with Crippen LogP contribution in [-0.4, -0.2) is 106 Å². The van der Waals surface area contributed by atoms with E-state index in [2.05, 4.69) is 9.88 Å². The van der Waals surface area contributed by atoms with E-state index in [1.807, 2.05) is 43.0 Å². The minimum atomic E-state index is -1.16. The minimum absolute atomic E-state index is 0.0921. The van der Waals surface area contributed by atoms with E-state index in [4.69, 9.17) is 4.74 Å². The molecule has 1 fully saturated rings. The Labute approximate surface area is 246 Å². The molecule has 3 aromatic rings. The Morgan fingerprint density at radius 2 is 1.93 bits per heavy atom. The van der Waals surface area contributed by atoms with E-state index in [0.717, 1.165) is 73.5 Å². The molecule has 0 radical (unpaired) electrons. The molecule has 0 saturated carbocycles. The zero-order chi connectivity index (χ0) is 30.0. The molecular formula is C32H41N5O5. The van der Waals surface area contributed by atoms with Crippen LogP contribution in [0.4, 0.5) is 0 Å². The van der Waals surface area contributed by atoms with Crippen LogP contribution in [-0.2, 0) is 20.8 Å². The van der Waals surface area contributed by atoms with Crippen LogP contribution < -0.4 is 4.74 Å². The van der Waals surface area contributed by atoms with E-state index in [1.165, 1.54) is 0 Å². The number of nitrogens with zero attached hydrogens (tertiary/aromatic N) is 4. The van der Waals surface area contributed by atoms with Crippen LogP contribution in [0.15, 0.2) is 42.5 Å². The molecule has 2 aromatic carbocycles. The first-order valence-electron chi connectivity index (χ1n) is 14.7. The summed E-state index contributed by atoms with van der Waals surface area (Å²) >= 11 is 0. The molecule has 3 heterocycles. The van der Waals surface area contributed by atoms with Gasteiger partial charge in [0.25, 0.3) is 0 Å². The topological polar surface area (TPSA) is 109 Å². The van der Waals surface area contributed by atoms with Crippen molar-refractivity contribution in [1.29, 1.82) is 0 Å².